The number of benzene rings is 2. The van der Waals surface area contributed by atoms with Crippen molar-refractivity contribution in [2.75, 3.05) is 0 Å². The quantitative estimate of drug-likeness (QED) is 0.645. The molecule has 1 N–H and O–H groups in total. The minimum absolute atomic E-state index is 0.0472. The van der Waals surface area contributed by atoms with Crippen molar-refractivity contribution in [3.8, 4) is 0 Å². The summed E-state index contributed by atoms with van der Waals surface area (Å²) in [6.45, 7) is 0. The van der Waals surface area contributed by atoms with Gasteiger partial charge >= 0.3 is 0 Å². The summed E-state index contributed by atoms with van der Waals surface area (Å²) in [6.07, 6.45) is 0.301. The third-order valence-electron chi connectivity index (χ3n) is 2.77. The molecule has 0 aromatic heterocycles. The van der Waals surface area contributed by atoms with Crippen LogP contribution in [-0.2, 0) is 0 Å². The van der Waals surface area contributed by atoms with E-state index in [4.69, 9.17) is 0 Å². The van der Waals surface area contributed by atoms with Crippen LogP contribution in [0.25, 0.3) is 0 Å². The fourth-order valence-corrected chi connectivity index (χ4v) is 2.30. The van der Waals surface area contributed by atoms with Crippen molar-refractivity contribution in [3.63, 3.8) is 0 Å². The van der Waals surface area contributed by atoms with Crippen molar-refractivity contribution in [2.45, 2.75) is 11.7 Å². The second kappa shape index (κ2) is 6.38. The normalized spacial score (nSPS) is 12.1. The SMILES string of the molecule is O=C(C[C@H](SO)c1ccccc1)c1ccccc1. The fourth-order valence-electron chi connectivity index (χ4n) is 1.79. The van der Waals surface area contributed by atoms with Gasteiger partial charge in [0.2, 0.25) is 0 Å². The molecule has 0 radical (unpaired) electrons. The molecule has 0 saturated heterocycles. The van der Waals surface area contributed by atoms with Crippen molar-refractivity contribution in [1.29, 1.82) is 0 Å². The van der Waals surface area contributed by atoms with Gasteiger partial charge in [0.1, 0.15) is 0 Å². The Morgan fingerprint density at radius 3 is 2.11 bits per heavy atom. The van der Waals surface area contributed by atoms with Gasteiger partial charge in [-0.3, -0.25) is 4.79 Å². The topological polar surface area (TPSA) is 37.3 Å². The standard InChI is InChI=1S/C15H14O2S/c16-14(12-7-3-1-4-8-12)11-15(18-17)13-9-5-2-6-10-13/h1-10,15,17H,11H2/t15-/m0/s1. The maximum Gasteiger partial charge on any atom is 0.164 e. The molecule has 0 aliphatic heterocycles. The van der Waals surface area contributed by atoms with Crippen LogP contribution < -0.4 is 0 Å². The lowest BCUT2D eigenvalue weighted by Crippen LogP contribution is -2.05. The van der Waals surface area contributed by atoms with Crippen LogP contribution in [0.5, 0.6) is 0 Å². The summed E-state index contributed by atoms with van der Waals surface area (Å²) >= 11 is 0.725. The van der Waals surface area contributed by atoms with E-state index in [0.29, 0.717) is 12.0 Å². The summed E-state index contributed by atoms with van der Waals surface area (Å²) in [5.74, 6) is 0.0472. The minimum atomic E-state index is -0.209. The maximum absolute atomic E-state index is 12.1. The molecule has 0 fully saturated rings. The van der Waals surface area contributed by atoms with E-state index in [-0.39, 0.29) is 11.0 Å². The van der Waals surface area contributed by atoms with Gasteiger partial charge in [-0.25, -0.2) is 0 Å². The van der Waals surface area contributed by atoms with Crippen molar-refractivity contribution < 1.29 is 9.35 Å². The van der Waals surface area contributed by atoms with Gasteiger partial charge in [0, 0.05) is 12.0 Å². The molecule has 1 atom stereocenters. The Balaban J connectivity index is 2.10. The van der Waals surface area contributed by atoms with E-state index >= 15 is 0 Å². The van der Waals surface area contributed by atoms with Gasteiger partial charge in [0.25, 0.3) is 0 Å². The highest BCUT2D eigenvalue weighted by molar-refractivity contribution is 7.94. The van der Waals surface area contributed by atoms with E-state index in [1.807, 2.05) is 48.5 Å². The van der Waals surface area contributed by atoms with Gasteiger partial charge in [0.05, 0.1) is 5.25 Å². The zero-order valence-electron chi connectivity index (χ0n) is 9.82. The molecule has 3 heteroatoms. The first kappa shape index (κ1) is 12.9. The van der Waals surface area contributed by atoms with E-state index in [1.165, 1.54) is 0 Å². The average molecular weight is 258 g/mol. The molecule has 2 nitrogen and oxygen atoms in total. The first-order valence-electron chi connectivity index (χ1n) is 5.74. The molecule has 0 unspecified atom stereocenters. The number of carbonyl (C=O) groups excluding carboxylic acids is 1. The molecule has 2 aromatic rings. The van der Waals surface area contributed by atoms with Crippen LogP contribution >= 0.6 is 12.0 Å². The van der Waals surface area contributed by atoms with Gasteiger partial charge < -0.3 is 4.55 Å². The van der Waals surface area contributed by atoms with Crippen LogP contribution in [0.2, 0.25) is 0 Å². The van der Waals surface area contributed by atoms with Crippen molar-refractivity contribution in [1.82, 2.24) is 0 Å². The van der Waals surface area contributed by atoms with Gasteiger partial charge in [-0.05, 0) is 17.6 Å². The maximum atomic E-state index is 12.1. The molecule has 18 heavy (non-hydrogen) atoms. The monoisotopic (exact) mass is 258 g/mol. The summed E-state index contributed by atoms with van der Waals surface area (Å²) in [5.41, 5.74) is 1.65. The molecule has 2 rings (SSSR count). The van der Waals surface area contributed by atoms with Crippen LogP contribution in [0.4, 0.5) is 0 Å². The average Bonchev–Trinajstić information content (AvgIpc) is 2.46. The van der Waals surface area contributed by atoms with Crippen molar-refractivity contribution in [2.24, 2.45) is 0 Å². The molecule has 0 heterocycles. The molecule has 0 amide bonds. The molecule has 0 aliphatic rings. The number of ketones is 1. The fraction of sp³-hybridized carbons (Fsp3) is 0.133. The Hall–Kier alpha value is -1.58. The second-order valence-electron chi connectivity index (χ2n) is 4.00. The summed E-state index contributed by atoms with van der Waals surface area (Å²) in [4.78, 5) is 12.1. The van der Waals surface area contributed by atoms with Crippen LogP contribution in [0.15, 0.2) is 60.7 Å². The minimum Gasteiger partial charge on any atom is -0.329 e. The van der Waals surface area contributed by atoms with E-state index in [0.717, 1.165) is 17.6 Å². The van der Waals surface area contributed by atoms with E-state index in [9.17, 15) is 9.35 Å². The molecular formula is C15H14O2S. The zero-order valence-corrected chi connectivity index (χ0v) is 10.6. The molecule has 2 aromatic carbocycles. The number of carbonyl (C=O) groups is 1. The second-order valence-corrected chi connectivity index (χ2v) is 4.78. The highest BCUT2D eigenvalue weighted by Gasteiger charge is 2.17. The Bertz CT molecular complexity index is 496. The van der Waals surface area contributed by atoms with E-state index in [2.05, 4.69) is 0 Å². The highest BCUT2D eigenvalue weighted by Crippen LogP contribution is 2.30. The summed E-state index contributed by atoms with van der Waals surface area (Å²) in [5, 5.41) is -0.209. The van der Waals surface area contributed by atoms with Crippen LogP contribution in [0, 0.1) is 0 Å². The summed E-state index contributed by atoms with van der Waals surface area (Å²) in [7, 11) is 0. The first-order chi connectivity index (χ1) is 8.81. The molecule has 0 bridgehead atoms. The molecular weight excluding hydrogens is 244 g/mol. The molecule has 0 spiro atoms. The third kappa shape index (κ3) is 3.22. The van der Waals surface area contributed by atoms with E-state index in [1.54, 1.807) is 12.1 Å². The molecule has 0 saturated carbocycles. The summed E-state index contributed by atoms with van der Waals surface area (Å²) < 4.78 is 9.34. The number of hydrogen-bond acceptors (Lipinski definition) is 3. The summed E-state index contributed by atoms with van der Waals surface area (Å²) in [6, 6.07) is 18.7. The Morgan fingerprint density at radius 1 is 1.00 bits per heavy atom. The Labute approximate surface area is 111 Å². The van der Waals surface area contributed by atoms with Crippen LogP contribution in [0.1, 0.15) is 27.6 Å². The smallest absolute Gasteiger partial charge is 0.164 e. The van der Waals surface area contributed by atoms with Gasteiger partial charge in [-0.15, -0.1) is 0 Å². The highest BCUT2D eigenvalue weighted by atomic mass is 32.2. The zero-order chi connectivity index (χ0) is 12.8. The third-order valence-corrected chi connectivity index (χ3v) is 3.46. The lowest BCUT2D eigenvalue weighted by molar-refractivity contribution is 0.0981. The Morgan fingerprint density at radius 2 is 1.56 bits per heavy atom. The number of hydrogen-bond donors (Lipinski definition) is 1. The van der Waals surface area contributed by atoms with Gasteiger partial charge in [0.15, 0.2) is 5.78 Å². The van der Waals surface area contributed by atoms with Crippen LogP contribution in [-0.4, -0.2) is 10.3 Å². The van der Waals surface area contributed by atoms with Gasteiger partial charge in [-0.1, -0.05) is 60.7 Å². The van der Waals surface area contributed by atoms with E-state index < -0.39 is 0 Å². The van der Waals surface area contributed by atoms with Gasteiger partial charge in [-0.2, -0.15) is 0 Å². The van der Waals surface area contributed by atoms with Crippen molar-refractivity contribution >= 4 is 17.8 Å². The van der Waals surface area contributed by atoms with Crippen LogP contribution in [0.3, 0.4) is 0 Å². The predicted octanol–water partition coefficient (Wildman–Crippen LogP) is 4.21. The predicted molar refractivity (Wildman–Crippen MR) is 74.8 cm³/mol. The first-order valence-corrected chi connectivity index (χ1v) is 6.58. The lowest BCUT2D eigenvalue weighted by Gasteiger charge is -2.12. The Kier molecular flexibility index (Phi) is 4.56. The molecule has 92 valence electrons. The van der Waals surface area contributed by atoms with Crippen molar-refractivity contribution in [3.05, 3.63) is 71.8 Å². The molecule has 0 aliphatic carbocycles. The lowest BCUT2D eigenvalue weighted by atomic mass is 10.0. The number of Topliss-reactive ketones (excluding diaryl/α,β-unsaturated/α-hetero) is 1. The number of rotatable bonds is 5. The largest absolute Gasteiger partial charge is 0.329 e.